The molecule has 0 saturated heterocycles. The third-order valence-electron chi connectivity index (χ3n) is 2.71. The highest BCUT2D eigenvalue weighted by Gasteiger charge is 2.19. The van der Waals surface area contributed by atoms with Gasteiger partial charge in [0.1, 0.15) is 11.9 Å². The summed E-state index contributed by atoms with van der Waals surface area (Å²) in [7, 11) is 0. The predicted molar refractivity (Wildman–Crippen MR) is 63.6 cm³/mol. The van der Waals surface area contributed by atoms with E-state index in [0.29, 0.717) is 0 Å². The first-order valence-corrected chi connectivity index (χ1v) is 5.40. The van der Waals surface area contributed by atoms with Crippen LogP contribution in [-0.2, 0) is 0 Å². The number of para-hydroxylation sites is 2. The third-order valence-corrected chi connectivity index (χ3v) is 2.71. The average Bonchev–Trinajstić information content (AvgIpc) is 2.39. The van der Waals surface area contributed by atoms with E-state index in [9.17, 15) is 0 Å². The maximum atomic E-state index is 5.92. The highest BCUT2D eigenvalue weighted by atomic mass is 16.5. The molecular weight excluding hydrogens is 198 g/mol. The molecule has 2 nitrogen and oxygen atoms in total. The Labute approximate surface area is 94.9 Å². The van der Waals surface area contributed by atoms with Crippen molar-refractivity contribution in [2.45, 2.75) is 6.10 Å². The van der Waals surface area contributed by atoms with Gasteiger partial charge in [0.25, 0.3) is 0 Å². The van der Waals surface area contributed by atoms with Crippen molar-refractivity contribution in [2.24, 2.45) is 0 Å². The molecule has 2 heteroatoms. The average molecular weight is 210 g/mol. The number of ether oxygens (including phenoxy) is 1. The van der Waals surface area contributed by atoms with Gasteiger partial charge in [0, 0.05) is 5.56 Å². The van der Waals surface area contributed by atoms with Crippen LogP contribution in [-0.4, -0.2) is 6.54 Å². The summed E-state index contributed by atoms with van der Waals surface area (Å²) >= 11 is 0. The van der Waals surface area contributed by atoms with Crippen molar-refractivity contribution < 1.29 is 4.74 Å². The first-order chi connectivity index (χ1) is 7.93. The summed E-state index contributed by atoms with van der Waals surface area (Å²) in [5.74, 6) is 0.913. The molecule has 2 aromatic carbocycles. The number of hydrogen-bond acceptors (Lipinski definition) is 2. The molecule has 1 unspecified atom stereocenters. The van der Waals surface area contributed by atoms with Gasteiger partial charge >= 0.3 is 0 Å². The number of benzene rings is 2. The highest BCUT2D eigenvalue weighted by molar-refractivity contribution is 5.58. The largest absolute Gasteiger partial charge is 0.482 e. The summed E-state index contributed by atoms with van der Waals surface area (Å²) in [6.07, 6.45) is 0.0519. The summed E-state index contributed by atoms with van der Waals surface area (Å²) in [5, 5.41) is 3.37. The summed E-state index contributed by atoms with van der Waals surface area (Å²) in [4.78, 5) is 0. The first kappa shape index (κ1) is 9.28. The fourth-order valence-corrected chi connectivity index (χ4v) is 1.89. The Balaban J connectivity index is 1.89. The molecule has 3 rings (SSSR count). The van der Waals surface area contributed by atoms with E-state index in [1.54, 1.807) is 0 Å². The molecule has 0 saturated carbocycles. The molecule has 0 fully saturated rings. The van der Waals surface area contributed by atoms with Gasteiger partial charge in [0.2, 0.25) is 0 Å². The van der Waals surface area contributed by atoms with Crippen molar-refractivity contribution in [3.63, 3.8) is 0 Å². The second-order valence-electron chi connectivity index (χ2n) is 3.80. The Hall–Kier alpha value is -1.96. The van der Waals surface area contributed by atoms with E-state index in [0.717, 1.165) is 23.5 Å². The number of anilines is 1. The molecule has 0 aromatic heterocycles. The van der Waals surface area contributed by atoms with Gasteiger partial charge in [0.15, 0.2) is 0 Å². The molecule has 0 aliphatic carbocycles. The quantitative estimate of drug-likeness (QED) is 0.781. The fraction of sp³-hybridized carbons (Fsp3) is 0.143. The normalized spacial score (nSPS) is 18.1. The van der Waals surface area contributed by atoms with E-state index < -0.39 is 0 Å². The Morgan fingerprint density at radius 2 is 2.00 bits per heavy atom. The predicted octanol–water partition coefficient (Wildman–Crippen LogP) is 3.03. The Morgan fingerprint density at radius 1 is 1.12 bits per heavy atom. The number of rotatable bonds is 1. The summed E-state index contributed by atoms with van der Waals surface area (Å²) < 4.78 is 5.92. The lowest BCUT2D eigenvalue weighted by Crippen LogP contribution is -2.23. The first-order valence-electron chi connectivity index (χ1n) is 5.40. The molecule has 1 aliphatic rings. The van der Waals surface area contributed by atoms with Crippen molar-refractivity contribution in [2.75, 3.05) is 11.9 Å². The molecule has 1 radical (unpaired) electrons. The van der Waals surface area contributed by atoms with Crippen molar-refractivity contribution in [1.29, 1.82) is 0 Å². The highest BCUT2D eigenvalue weighted by Crippen LogP contribution is 2.33. The van der Waals surface area contributed by atoms with Crippen LogP contribution < -0.4 is 10.1 Å². The summed E-state index contributed by atoms with van der Waals surface area (Å²) in [5.41, 5.74) is 2.15. The molecule has 1 N–H and O–H groups in total. The standard InChI is InChI=1S/C14H12NO/c1-2-6-11(7-3-1)14-10-15-12-8-4-5-9-13(12)16-14/h1-6,8-9,14-15H,10H2. The SMILES string of the molecule is [c]1ccccc1C1CNc2ccccc2O1. The molecule has 0 bridgehead atoms. The molecular formula is C14H12NO. The zero-order chi connectivity index (χ0) is 10.8. The van der Waals surface area contributed by atoms with Gasteiger partial charge < -0.3 is 10.1 Å². The van der Waals surface area contributed by atoms with Gasteiger partial charge in [-0.15, -0.1) is 0 Å². The second-order valence-corrected chi connectivity index (χ2v) is 3.80. The minimum Gasteiger partial charge on any atom is -0.482 e. The van der Waals surface area contributed by atoms with Crippen molar-refractivity contribution in [3.05, 3.63) is 60.2 Å². The van der Waals surface area contributed by atoms with Crippen LogP contribution >= 0.6 is 0 Å². The molecule has 79 valence electrons. The lowest BCUT2D eigenvalue weighted by Gasteiger charge is -2.27. The summed E-state index contributed by atoms with van der Waals surface area (Å²) in [6, 6.07) is 19.1. The van der Waals surface area contributed by atoms with Crippen LogP contribution in [0, 0.1) is 6.07 Å². The minimum atomic E-state index is 0.0519. The molecule has 2 aromatic rings. The minimum absolute atomic E-state index is 0.0519. The van der Waals surface area contributed by atoms with Crippen molar-refractivity contribution in [3.8, 4) is 5.75 Å². The third kappa shape index (κ3) is 1.63. The molecule has 1 heterocycles. The van der Waals surface area contributed by atoms with Gasteiger partial charge in [-0.1, -0.05) is 36.4 Å². The smallest absolute Gasteiger partial charge is 0.143 e. The van der Waals surface area contributed by atoms with Crippen LogP contribution in [0.2, 0.25) is 0 Å². The topological polar surface area (TPSA) is 21.3 Å². The maximum absolute atomic E-state index is 5.92. The van der Waals surface area contributed by atoms with Crippen molar-refractivity contribution in [1.82, 2.24) is 0 Å². The van der Waals surface area contributed by atoms with E-state index >= 15 is 0 Å². The van der Waals surface area contributed by atoms with E-state index in [-0.39, 0.29) is 6.10 Å². The number of hydrogen-bond donors (Lipinski definition) is 1. The van der Waals surface area contributed by atoms with Gasteiger partial charge in [-0.05, 0) is 18.2 Å². The van der Waals surface area contributed by atoms with Crippen LogP contribution in [0.4, 0.5) is 5.69 Å². The number of fused-ring (bicyclic) bond motifs is 1. The number of nitrogens with one attached hydrogen (secondary N) is 1. The van der Waals surface area contributed by atoms with E-state index in [1.807, 2.05) is 48.5 Å². The van der Waals surface area contributed by atoms with Crippen LogP contribution in [0.1, 0.15) is 11.7 Å². The van der Waals surface area contributed by atoms with Gasteiger partial charge in [-0.3, -0.25) is 0 Å². The molecule has 16 heavy (non-hydrogen) atoms. The maximum Gasteiger partial charge on any atom is 0.143 e. The monoisotopic (exact) mass is 210 g/mol. The van der Waals surface area contributed by atoms with Gasteiger partial charge in [0.05, 0.1) is 12.2 Å². The van der Waals surface area contributed by atoms with Gasteiger partial charge in [-0.25, -0.2) is 0 Å². The van der Waals surface area contributed by atoms with Crippen LogP contribution in [0.25, 0.3) is 0 Å². The molecule has 1 atom stereocenters. The van der Waals surface area contributed by atoms with Crippen LogP contribution in [0.5, 0.6) is 5.75 Å². The lowest BCUT2D eigenvalue weighted by atomic mass is 10.1. The fourth-order valence-electron chi connectivity index (χ4n) is 1.89. The second kappa shape index (κ2) is 3.89. The zero-order valence-corrected chi connectivity index (χ0v) is 8.81. The molecule has 1 aliphatic heterocycles. The Kier molecular flexibility index (Phi) is 2.26. The van der Waals surface area contributed by atoms with E-state index in [2.05, 4.69) is 11.4 Å². The van der Waals surface area contributed by atoms with Crippen LogP contribution in [0.3, 0.4) is 0 Å². The molecule has 0 spiro atoms. The molecule has 0 amide bonds. The zero-order valence-electron chi connectivity index (χ0n) is 8.81. The van der Waals surface area contributed by atoms with Crippen molar-refractivity contribution >= 4 is 5.69 Å². The lowest BCUT2D eigenvalue weighted by molar-refractivity contribution is 0.210. The van der Waals surface area contributed by atoms with E-state index in [1.165, 1.54) is 0 Å². The Morgan fingerprint density at radius 3 is 2.88 bits per heavy atom. The van der Waals surface area contributed by atoms with Crippen LogP contribution in [0.15, 0.2) is 48.5 Å². The van der Waals surface area contributed by atoms with Gasteiger partial charge in [-0.2, -0.15) is 0 Å². The summed E-state index contributed by atoms with van der Waals surface area (Å²) in [6.45, 7) is 0.789. The van der Waals surface area contributed by atoms with E-state index in [4.69, 9.17) is 4.74 Å². The Bertz CT molecular complexity index is 481.